The van der Waals surface area contributed by atoms with Crippen molar-refractivity contribution in [1.29, 1.82) is 0 Å². The highest BCUT2D eigenvalue weighted by Gasteiger charge is 2.24. The lowest BCUT2D eigenvalue weighted by atomic mass is 10.1. The second kappa shape index (κ2) is 5.29. The third kappa shape index (κ3) is 2.31. The molecule has 1 aliphatic rings. The number of carboxylic acid groups (broad SMARTS) is 1. The van der Waals surface area contributed by atoms with E-state index in [0.29, 0.717) is 5.02 Å². The van der Waals surface area contributed by atoms with Gasteiger partial charge in [0.05, 0.1) is 5.69 Å². The van der Waals surface area contributed by atoms with E-state index in [1.54, 1.807) is 10.7 Å². The van der Waals surface area contributed by atoms with Crippen molar-refractivity contribution in [3.63, 3.8) is 0 Å². The first-order chi connectivity index (χ1) is 9.66. The van der Waals surface area contributed by atoms with Gasteiger partial charge in [0.2, 0.25) is 0 Å². The van der Waals surface area contributed by atoms with Crippen LogP contribution in [0.1, 0.15) is 41.0 Å². The Morgan fingerprint density at radius 2 is 2.05 bits per heavy atom. The molecule has 20 heavy (non-hydrogen) atoms. The van der Waals surface area contributed by atoms with E-state index in [1.807, 2.05) is 18.2 Å². The van der Waals surface area contributed by atoms with Gasteiger partial charge in [-0.15, -0.1) is 0 Å². The number of rotatable bonds is 2. The molecule has 0 saturated carbocycles. The van der Waals surface area contributed by atoms with Crippen LogP contribution in [0, 0.1) is 0 Å². The maximum atomic E-state index is 11.4. The molecule has 0 fully saturated rings. The minimum absolute atomic E-state index is 0.182. The van der Waals surface area contributed by atoms with Crippen molar-refractivity contribution in [2.24, 2.45) is 0 Å². The molecule has 0 aliphatic heterocycles. The molecule has 0 saturated heterocycles. The topological polar surface area (TPSA) is 55.1 Å². The molecule has 0 bridgehead atoms. The highest BCUT2D eigenvalue weighted by molar-refractivity contribution is 6.30. The Hall–Kier alpha value is -1.81. The van der Waals surface area contributed by atoms with E-state index in [2.05, 4.69) is 5.10 Å². The Bertz CT molecular complexity index is 664. The largest absolute Gasteiger partial charge is 0.476 e. The predicted octanol–water partition coefficient (Wildman–Crippen LogP) is 3.49. The van der Waals surface area contributed by atoms with Crippen molar-refractivity contribution in [1.82, 2.24) is 9.78 Å². The Kier molecular flexibility index (Phi) is 3.49. The predicted molar refractivity (Wildman–Crippen MR) is 76.8 cm³/mol. The van der Waals surface area contributed by atoms with Gasteiger partial charge in [-0.05, 0) is 43.9 Å². The summed E-state index contributed by atoms with van der Waals surface area (Å²) < 4.78 is 1.75. The third-order valence-corrected chi connectivity index (χ3v) is 3.92. The summed E-state index contributed by atoms with van der Waals surface area (Å²) >= 11 is 6.02. The van der Waals surface area contributed by atoms with Gasteiger partial charge in [-0.3, -0.25) is 0 Å². The van der Waals surface area contributed by atoms with E-state index in [4.69, 9.17) is 11.6 Å². The van der Waals surface area contributed by atoms with E-state index in [0.717, 1.165) is 49.0 Å². The van der Waals surface area contributed by atoms with Crippen molar-refractivity contribution in [3.05, 3.63) is 46.2 Å². The first-order valence-electron chi connectivity index (χ1n) is 6.77. The quantitative estimate of drug-likeness (QED) is 0.861. The van der Waals surface area contributed by atoms with Crippen molar-refractivity contribution >= 4 is 17.6 Å². The highest BCUT2D eigenvalue weighted by Crippen LogP contribution is 2.27. The molecule has 3 rings (SSSR count). The van der Waals surface area contributed by atoms with Crippen LogP contribution in [0.4, 0.5) is 0 Å². The fraction of sp³-hybridized carbons (Fsp3) is 0.333. The van der Waals surface area contributed by atoms with Crippen molar-refractivity contribution in [2.45, 2.75) is 32.1 Å². The van der Waals surface area contributed by atoms with Crippen molar-refractivity contribution < 1.29 is 9.90 Å². The molecule has 5 heteroatoms. The molecule has 1 aromatic heterocycles. The van der Waals surface area contributed by atoms with Crippen LogP contribution in [-0.2, 0) is 12.8 Å². The SMILES string of the molecule is O=C(O)c1nn(-c2cccc(Cl)c2)c2c1CCCCC2. The third-order valence-electron chi connectivity index (χ3n) is 3.69. The van der Waals surface area contributed by atoms with Crippen LogP contribution in [0.5, 0.6) is 0 Å². The molecule has 0 radical (unpaired) electrons. The van der Waals surface area contributed by atoms with Crippen molar-refractivity contribution in [2.75, 3.05) is 0 Å². The smallest absolute Gasteiger partial charge is 0.356 e. The average molecular weight is 291 g/mol. The zero-order valence-electron chi connectivity index (χ0n) is 11.0. The fourth-order valence-electron chi connectivity index (χ4n) is 2.77. The molecule has 104 valence electrons. The van der Waals surface area contributed by atoms with Crippen molar-refractivity contribution in [3.8, 4) is 5.69 Å². The van der Waals surface area contributed by atoms with Gasteiger partial charge >= 0.3 is 5.97 Å². The van der Waals surface area contributed by atoms with E-state index >= 15 is 0 Å². The summed E-state index contributed by atoms with van der Waals surface area (Å²) in [4.78, 5) is 11.4. The van der Waals surface area contributed by atoms with E-state index in [-0.39, 0.29) is 5.69 Å². The van der Waals surface area contributed by atoms with E-state index in [9.17, 15) is 9.90 Å². The molecule has 0 unspecified atom stereocenters. The number of hydrogen-bond donors (Lipinski definition) is 1. The second-order valence-corrected chi connectivity index (χ2v) is 5.47. The minimum Gasteiger partial charge on any atom is -0.476 e. The van der Waals surface area contributed by atoms with Crippen LogP contribution < -0.4 is 0 Å². The van der Waals surface area contributed by atoms with Crippen LogP contribution in [0.15, 0.2) is 24.3 Å². The summed E-state index contributed by atoms with van der Waals surface area (Å²) in [6, 6.07) is 7.36. The monoisotopic (exact) mass is 290 g/mol. The molecule has 0 atom stereocenters. The molecule has 1 heterocycles. The first-order valence-corrected chi connectivity index (χ1v) is 7.14. The minimum atomic E-state index is -0.955. The molecule has 1 N–H and O–H groups in total. The Morgan fingerprint density at radius 1 is 1.25 bits per heavy atom. The standard InChI is InChI=1S/C15H15ClN2O2/c16-10-5-4-6-11(9-10)18-13-8-3-1-2-7-12(13)14(17-18)15(19)20/h4-6,9H,1-3,7-8H2,(H,19,20). The number of benzene rings is 1. The van der Waals surface area contributed by atoms with Gasteiger partial charge in [0.15, 0.2) is 5.69 Å². The van der Waals surface area contributed by atoms with E-state index < -0.39 is 5.97 Å². The van der Waals surface area contributed by atoms with Gasteiger partial charge in [0.1, 0.15) is 0 Å². The zero-order valence-corrected chi connectivity index (χ0v) is 11.7. The second-order valence-electron chi connectivity index (χ2n) is 5.03. The van der Waals surface area contributed by atoms with Crippen LogP contribution in [0.2, 0.25) is 5.02 Å². The summed E-state index contributed by atoms with van der Waals surface area (Å²) in [5.41, 5.74) is 2.90. The van der Waals surface area contributed by atoms with Crippen LogP contribution in [0.3, 0.4) is 0 Å². The Balaban J connectivity index is 2.18. The normalized spacial score (nSPS) is 14.7. The van der Waals surface area contributed by atoms with Crippen LogP contribution in [0.25, 0.3) is 5.69 Å². The number of carboxylic acids is 1. The first kappa shape index (κ1) is 13.2. The van der Waals surface area contributed by atoms with Gasteiger partial charge < -0.3 is 5.11 Å². The molecule has 1 aliphatic carbocycles. The summed E-state index contributed by atoms with van der Waals surface area (Å²) in [7, 11) is 0. The lowest BCUT2D eigenvalue weighted by Gasteiger charge is -2.07. The molecule has 0 spiro atoms. The lowest BCUT2D eigenvalue weighted by Crippen LogP contribution is -2.04. The van der Waals surface area contributed by atoms with Gasteiger partial charge in [0, 0.05) is 16.3 Å². The number of hydrogen-bond acceptors (Lipinski definition) is 2. The molecule has 1 aromatic carbocycles. The number of carbonyl (C=O) groups is 1. The van der Waals surface area contributed by atoms with Crippen LogP contribution in [-0.4, -0.2) is 20.9 Å². The average Bonchev–Trinajstić information content (AvgIpc) is 2.61. The number of fused-ring (bicyclic) bond motifs is 1. The summed E-state index contributed by atoms with van der Waals surface area (Å²) in [5, 5.41) is 14.3. The number of halogens is 1. The van der Waals surface area contributed by atoms with Gasteiger partial charge in [0.25, 0.3) is 0 Å². The molecular formula is C15H15ClN2O2. The van der Waals surface area contributed by atoms with Gasteiger partial charge in [-0.25, -0.2) is 9.48 Å². The van der Waals surface area contributed by atoms with Gasteiger partial charge in [-0.1, -0.05) is 24.1 Å². The van der Waals surface area contributed by atoms with E-state index in [1.165, 1.54) is 0 Å². The fourth-order valence-corrected chi connectivity index (χ4v) is 2.95. The molecule has 4 nitrogen and oxygen atoms in total. The Morgan fingerprint density at radius 3 is 2.80 bits per heavy atom. The van der Waals surface area contributed by atoms with Gasteiger partial charge in [-0.2, -0.15) is 5.10 Å². The zero-order chi connectivity index (χ0) is 14.1. The van der Waals surface area contributed by atoms with Crippen LogP contribution >= 0.6 is 11.6 Å². The number of nitrogens with zero attached hydrogens (tertiary/aromatic N) is 2. The molecule has 0 amide bonds. The Labute approximate surface area is 122 Å². The maximum absolute atomic E-state index is 11.4. The maximum Gasteiger partial charge on any atom is 0.356 e. The number of aromatic carboxylic acids is 1. The summed E-state index contributed by atoms with van der Waals surface area (Å²) in [6.07, 6.45) is 4.87. The summed E-state index contributed by atoms with van der Waals surface area (Å²) in [6.45, 7) is 0. The molecular weight excluding hydrogens is 276 g/mol. The summed E-state index contributed by atoms with van der Waals surface area (Å²) in [5.74, 6) is -0.955. The highest BCUT2D eigenvalue weighted by atomic mass is 35.5. The lowest BCUT2D eigenvalue weighted by molar-refractivity contribution is 0.0688. The molecule has 2 aromatic rings. The number of aromatic nitrogens is 2.